The number of ether oxygens (including phenoxy) is 1. The van der Waals surface area contributed by atoms with Crippen LogP contribution in [0.4, 0.5) is 4.79 Å². The Morgan fingerprint density at radius 3 is 2.42 bits per heavy atom. The highest BCUT2D eigenvalue weighted by atomic mass is 16.6. The van der Waals surface area contributed by atoms with Crippen LogP contribution in [-0.4, -0.2) is 28.8 Å². The van der Waals surface area contributed by atoms with Gasteiger partial charge in [0.2, 0.25) is 0 Å². The second-order valence-corrected chi connectivity index (χ2v) is 6.57. The van der Waals surface area contributed by atoms with Gasteiger partial charge in [0.1, 0.15) is 5.60 Å². The molecule has 0 saturated heterocycles. The molecule has 0 spiro atoms. The summed E-state index contributed by atoms with van der Waals surface area (Å²) in [5.74, 6) is 0. The third kappa shape index (κ3) is 6.01. The van der Waals surface area contributed by atoms with Crippen LogP contribution in [0.1, 0.15) is 45.2 Å². The number of benzene rings is 1. The minimum absolute atomic E-state index is 0.0784. The summed E-state index contributed by atoms with van der Waals surface area (Å²) in [4.78, 5) is 30.5. The number of rotatable bonds is 2. The predicted molar refractivity (Wildman–Crippen MR) is 90.1 cm³/mol. The summed E-state index contributed by atoms with van der Waals surface area (Å²) in [6.45, 7) is 8.42. The van der Waals surface area contributed by atoms with Gasteiger partial charge in [-0.1, -0.05) is 43.3 Å². The molecule has 1 amide bonds. The second-order valence-electron chi connectivity index (χ2n) is 6.57. The fraction of sp³-hybridized carbons (Fsp3) is 0.474. The van der Waals surface area contributed by atoms with Gasteiger partial charge in [-0.2, -0.15) is 9.59 Å². The van der Waals surface area contributed by atoms with Crippen molar-refractivity contribution in [2.24, 2.45) is 0 Å². The topological polar surface area (TPSA) is 63.7 Å². The van der Waals surface area contributed by atoms with E-state index in [1.165, 1.54) is 11.1 Å². The maximum atomic E-state index is 12.5. The Morgan fingerprint density at radius 1 is 1.29 bits per heavy atom. The lowest BCUT2D eigenvalue weighted by Gasteiger charge is -2.36. The first kappa shape index (κ1) is 19.7. The molecule has 1 unspecified atom stereocenters. The largest absolute Gasteiger partial charge is 0.444 e. The van der Waals surface area contributed by atoms with Crippen LogP contribution in [0.25, 0.3) is 0 Å². The van der Waals surface area contributed by atoms with E-state index in [2.05, 4.69) is 37.3 Å². The summed E-state index contributed by atoms with van der Waals surface area (Å²) in [7, 11) is 0. The quantitative estimate of drug-likeness (QED) is 0.775. The smallest absolute Gasteiger partial charge is 0.411 e. The van der Waals surface area contributed by atoms with Gasteiger partial charge in [-0.3, -0.25) is 4.90 Å². The van der Waals surface area contributed by atoms with Gasteiger partial charge < -0.3 is 4.74 Å². The van der Waals surface area contributed by atoms with Gasteiger partial charge in [-0.05, 0) is 44.7 Å². The van der Waals surface area contributed by atoms with Crippen molar-refractivity contribution in [3.05, 3.63) is 47.5 Å². The van der Waals surface area contributed by atoms with Gasteiger partial charge in [0, 0.05) is 6.54 Å². The Balaban J connectivity index is 0.000000891. The maximum absolute atomic E-state index is 12.5. The highest BCUT2D eigenvalue weighted by Gasteiger charge is 2.31. The highest BCUT2D eigenvalue weighted by molar-refractivity contribution is 5.69. The molecule has 0 radical (unpaired) electrons. The Kier molecular flexibility index (Phi) is 7.40. The molecule has 0 aromatic heterocycles. The summed E-state index contributed by atoms with van der Waals surface area (Å²) < 4.78 is 5.56. The zero-order chi connectivity index (χ0) is 18.2. The average Bonchev–Trinajstić information content (AvgIpc) is 2.51. The fourth-order valence-corrected chi connectivity index (χ4v) is 2.53. The molecule has 0 bridgehead atoms. The van der Waals surface area contributed by atoms with Gasteiger partial charge in [0.05, 0.1) is 6.04 Å². The summed E-state index contributed by atoms with van der Waals surface area (Å²) in [6.07, 6.45) is 6.09. The fourth-order valence-electron chi connectivity index (χ4n) is 2.53. The van der Waals surface area contributed by atoms with Crippen molar-refractivity contribution in [2.75, 3.05) is 0 Å². The van der Waals surface area contributed by atoms with Crippen LogP contribution in [0.2, 0.25) is 0 Å². The highest BCUT2D eigenvalue weighted by Crippen LogP contribution is 2.26. The molecule has 130 valence electrons. The monoisotopic (exact) mass is 331 g/mol. The van der Waals surface area contributed by atoms with Crippen LogP contribution < -0.4 is 0 Å². The summed E-state index contributed by atoms with van der Waals surface area (Å²) in [5, 5.41) is 0. The summed E-state index contributed by atoms with van der Waals surface area (Å²) >= 11 is 0. The average molecular weight is 331 g/mol. The molecule has 1 aromatic rings. The van der Waals surface area contributed by atoms with Crippen LogP contribution in [-0.2, 0) is 27.3 Å². The number of nitrogens with zero attached hydrogens (tertiary/aromatic N) is 1. The molecule has 0 fully saturated rings. The van der Waals surface area contributed by atoms with E-state index in [-0.39, 0.29) is 18.3 Å². The van der Waals surface area contributed by atoms with E-state index in [1.807, 2.05) is 31.7 Å². The van der Waals surface area contributed by atoms with Crippen LogP contribution in [0.3, 0.4) is 0 Å². The summed E-state index contributed by atoms with van der Waals surface area (Å²) in [5.41, 5.74) is 2.07. The molecule has 0 aliphatic carbocycles. The zero-order valence-electron chi connectivity index (χ0n) is 14.7. The summed E-state index contributed by atoms with van der Waals surface area (Å²) in [6, 6.07) is 8.40. The van der Waals surface area contributed by atoms with Crippen molar-refractivity contribution < 1.29 is 19.1 Å². The minimum Gasteiger partial charge on any atom is -0.444 e. The van der Waals surface area contributed by atoms with Gasteiger partial charge in [0.25, 0.3) is 0 Å². The Morgan fingerprint density at radius 2 is 1.88 bits per heavy atom. The number of amides is 1. The van der Waals surface area contributed by atoms with Crippen molar-refractivity contribution in [1.82, 2.24) is 4.90 Å². The van der Waals surface area contributed by atoms with Gasteiger partial charge >= 0.3 is 12.2 Å². The Labute approximate surface area is 143 Å². The van der Waals surface area contributed by atoms with Crippen LogP contribution in [0.15, 0.2) is 36.4 Å². The lowest BCUT2D eigenvalue weighted by Crippen LogP contribution is -2.45. The molecule has 2 rings (SSSR count). The standard InChI is InChI=1S/C18H25NO2.CO2/c1-5-6-11-16-12-14-9-7-8-10-15(14)13-19(16)17(20)21-18(2,3)4;2-1-3/h6-11,16H,5,12-13H2,1-4H3;/b11-6+;. The first-order valence-electron chi connectivity index (χ1n) is 8.04. The molecule has 24 heavy (non-hydrogen) atoms. The number of carbonyl (C=O) groups excluding carboxylic acids is 3. The van der Waals surface area contributed by atoms with Gasteiger partial charge in [-0.15, -0.1) is 0 Å². The van der Waals surface area contributed by atoms with E-state index < -0.39 is 5.60 Å². The molecule has 1 aromatic carbocycles. The van der Waals surface area contributed by atoms with Crippen molar-refractivity contribution in [3.8, 4) is 0 Å². The third-order valence-corrected chi connectivity index (χ3v) is 3.51. The molecular formula is C19H25NO4. The lowest BCUT2D eigenvalue weighted by atomic mass is 9.94. The third-order valence-electron chi connectivity index (χ3n) is 3.51. The van der Waals surface area contributed by atoms with Crippen LogP contribution in [0, 0.1) is 0 Å². The SMILES string of the molecule is CC/C=C/C1Cc2ccccc2CN1C(=O)OC(C)(C)C.O=C=O. The minimum atomic E-state index is -0.465. The molecular weight excluding hydrogens is 306 g/mol. The molecule has 0 N–H and O–H groups in total. The molecule has 5 nitrogen and oxygen atoms in total. The van der Waals surface area contributed by atoms with E-state index in [1.54, 1.807) is 0 Å². The number of fused-ring (bicyclic) bond motifs is 1. The molecule has 1 aliphatic rings. The van der Waals surface area contributed by atoms with E-state index in [0.717, 1.165) is 12.8 Å². The predicted octanol–water partition coefficient (Wildman–Crippen LogP) is 3.73. The number of hydrogen-bond acceptors (Lipinski definition) is 4. The first-order valence-corrected chi connectivity index (χ1v) is 8.04. The second kappa shape index (κ2) is 9.04. The normalized spacial score (nSPS) is 16.7. The number of hydrogen-bond donors (Lipinski definition) is 0. The van der Waals surface area contributed by atoms with Crippen molar-refractivity contribution in [1.29, 1.82) is 0 Å². The number of allylic oxidation sites excluding steroid dienone is 1. The van der Waals surface area contributed by atoms with E-state index >= 15 is 0 Å². The molecule has 0 saturated carbocycles. The lowest BCUT2D eigenvalue weighted by molar-refractivity contribution is -0.191. The van der Waals surface area contributed by atoms with E-state index in [0.29, 0.717) is 6.54 Å². The number of carbonyl (C=O) groups is 1. The van der Waals surface area contributed by atoms with Crippen LogP contribution in [0.5, 0.6) is 0 Å². The molecule has 1 heterocycles. The Bertz CT molecular complexity index is 610. The van der Waals surface area contributed by atoms with Crippen molar-refractivity contribution in [3.63, 3.8) is 0 Å². The van der Waals surface area contributed by atoms with Crippen molar-refractivity contribution in [2.45, 2.75) is 58.7 Å². The molecule has 5 heteroatoms. The Hall–Kier alpha value is -2.39. The van der Waals surface area contributed by atoms with E-state index in [9.17, 15) is 4.79 Å². The molecule has 1 aliphatic heterocycles. The van der Waals surface area contributed by atoms with Crippen LogP contribution >= 0.6 is 0 Å². The van der Waals surface area contributed by atoms with Gasteiger partial charge in [-0.25, -0.2) is 4.79 Å². The van der Waals surface area contributed by atoms with Crippen molar-refractivity contribution >= 4 is 12.2 Å². The zero-order valence-corrected chi connectivity index (χ0v) is 14.7. The maximum Gasteiger partial charge on any atom is 0.411 e. The molecule has 1 atom stereocenters. The van der Waals surface area contributed by atoms with E-state index in [4.69, 9.17) is 14.3 Å². The van der Waals surface area contributed by atoms with Gasteiger partial charge in [0.15, 0.2) is 0 Å². The first-order chi connectivity index (χ1) is 11.3.